The molecule has 8 nitrogen and oxygen atoms in total. The normalized spacial score (nSPS) is 11.7. The highest BCUT2D eigenvalue weighted by Gasteiger charge is 2.25. The summed E-state index contributed by atoms with van der Waals surface area (Å²) < 4.78 is 1.51. The summed E-state index contributed by atoms with van der Waals surface area (Å²) in [5, 5.41) is 10.2. The first-order valence-corrected chi connectivity index (χ1v) is 9.95. The second-order valence-corrected chi connectivity index (χ2v) is 7.68. The zero-order valence-corrected chi connectivity index (χ0v) is 17.8. The predicted molar refractivity (Wildman–Crippen MR) is 118 cm³/mol. The van der Waals surface area contributed by atoms with Crippen LogP contribution in [0.25, 0.3) is 5.69 Å². The molecule has 3 rings (SSSR count). The number of carbonyl (C=O) groups is 3. The van der Waals surface area contributed by atoms with E-state index in [1.54, 1.807) is 54.7 Å². The largest absolute Gasteiger partial charge is 0.364 e. The number of carbonyl (C=O) groups excluding carboxylic acids is 3. The van der Waals surface area contributed by atoms with Crippen LogP contribution in [0.2, 0.25) is 5.02 Å². The second kappa shape index (κ2) is 9.44. The molecule has 4 N–H and O–H groups in total. The molecule has 160 valence electrons. The highest BCUT2D eigenvalue weighted by molar-refractivity contribution is 6.30. The molecule has 0 saturated heterocycles. The van der Waals surface area contributed by atoms with Gasteiger partial charge in [-0.3, -0.25) is 14.4 Å². The molecule has 1 aromatic heterocycles. The summed E-state index contributed by atoms with van der Waals surface area (Å²) in [5.41, 5.74) is 7.05. The number of primary amides is 1. The molecule has 1 atom stereocenters. The van der Waals surface area contributed by atoms with Gasteiger partial charge in [0.25, 0.3) is 11.8 Å². The molecule has 3 amide bonds. The van der Waals surface area contributed by atoms with Crippen LogP contribution in [0.1, 0.15) is 34.7 Å². The van der Waals surface area contributed by atoms with Crippen molar-refractivity contribution in [2.45, 2.75) is 19.9 Å². The van der Waals surface area contributed by atoms with Crippen molar-refractivity contribution in [2.75, 3.05) is 5.32 Å². The minimum atomic E-state index is -0.730. The molecule has 0 bridgehead atoms. The van der Waals surface area contributed by atoms with Gasteiger partial charge >= 0.3 is 0 Å². The summed E-state index contributed by atoms with van der Waals surface area (Å²) in [7, 11) is 0. The highest BCUT2D eigenvalue weighted by Crippen LogP contribution is 2.15. The summed E-state index contributed by atoms with van der Waals surface area (Å²) in [4.78, 5) is 36.5. The number of anilines is 1. The number of nitrogens with zero attached hydrogens (tertiary/aromatic N) is 2. The number of hydrogen-bond donors (Lipinski definition) is 3. The molecule has 0 radical (unpaired) electrons. The average molecular weight is 440 g/mol. The lowest BCUT2D eigenvalue weighted by Crippen LogP contribution is -2.47. The first-order chi connectivity index (χ1) is 14.7. The summed E-state index contributed by atoms with van der Waals surface area (Å²) in [6.45, 7) is 3.70. The third-order valence-electron chi connectivity index (χ3n) is 4.58. The van der Waals surface area contributed by atoms with Gasteiger partial charge in [-0.1, -0.05) is 25.4 Å². The molecule has 0 saturated carbocycles. The Labute approximate surface area is 184 Å². The maximum atomic E-state index is 12.8. The fourth-order valence-corrected chi connectivity index (χ4v) is 3.00. The number of rotatable bonds is 7. The van der Waals surface area contributed by atoms with Crippen LogP contribution >= 0.6 is 11.6 Å². The van der Waals surface area contributed by atoms with E-state index in [0.29, 0.717) is 22.0 Å². The van der Waals surface area contributed by atoms with E-state index in [2.05, 4.69) is 15.7 Å². The zero-order chi connectivity index (χ0) is 22.5. The van der Waals surface area contributed by atoms with Gasteiger partial charge in [-0.2, -0.15) is 5.10 Å². The van der Waals surface area contributed by atoms with Crippen LogP contribution < -0.4 is 16.4 Å². The Morgan fingerprint density at radius 3 is 2.19 bits per heavy atom. The Kier molecular flexibility index (Phi) is 6.71. The molecular formula is C22H22ClN5O3. The van der Waals surface area contributed by atoms with Gasteiger partial charge in [0.2, 0.25) is 5.91 Å². The SMILES string of the molecule is CC(C)[C@H](NC(=O)c1ccc(Cl)cc1)C(=O)Nc1ccc(-n2ccc(C(N)=O)n2)cc1. The fraction of sp³-hybridized carbons (Fsp3) is 0.182. The molecule has 0 aliphatic rings. The molecule has 3 aromatic rings. The molecule has 2 aromatic carbocycles. The minimum absolute atomic E-state index is 0.133. The highest BCUT2D eigenvalue weighted by atomic mass is 35.5. The molecule has 0 aliphatic carbocycles. The van der Waals surface area contributed by atoms with Gasteiger partial charge in [0.1, 0.15) is 11.7 Å². The Morgan fingerprint density at radius 1 is 1.00 bits per heavy atom. The molecular weight excluding hydrogens is 418 g/mol. The standard InChI is InChI=1S/C22H22ClN5O3/c1-13(2)19(26-21(30)14-3-5-15(23)6-4-14)22(31)25-16-7-9-17(10-8-16)28-12-11-18(27-28)20(24)29/h3-13,19H,1-2H3,(H2,24,29)(H,25,31)(H,26,30)/t19-/m0/s1. The molecule has 0 aliphatic heterocycles. The van der Waals surface area contributed by atoms with Crippen LogP contribution in [0.5, 0.6) is 0 Å². The van der Waals surface area contributed by atoms with Gasteiger partial charge in [0.15, 0.2) is 0 Å². The van der Waals surface area contributed by atoms with Crippen LogP contribution in [-0.4, -0.2) is 33.5 Å². The third kappa shape index (κ3) is 5.49. The van der Waals surface area contributed by atoms with E-state index >= 15 is 0 Å². The molecule has 1 heterocycles. The van der Waals surface area contributed by atoms with E-state index in [9.17, 15) is 14.4 Å². The van der Waals surface area contributed by atoms with E-state index in [4.69, 9.17) is 17.3 Å². The topological polar surface area (TPSA) is 119 Å². The van der Waals surface area contributed by atoms with Crippen molar-refractivity contribution in [2.24, 2.45) is 11.7 Å². The van der Waals surface area contributed by atoms with E-state index < -0.39 is 11.9 Å². The Morgan fingerprint density at radius 2 is 1.65 bits per heavy atom. The number of nitrogens with one attached hydrogen (secondary N) is 2. The van der Waals surface area contributed by atoms with Crippen molar-refractivity contribution in [1.82, 2.24) is 15.1 Å². The number of hydrogen-bond acceptors (Lipinski definition) is 4. The van der Waals surface area contributed by atoms with Crippen molar-refractivity contribution < 1.29 is 14.4 Å². The Hall–Kier alpha value is -3.65. The van der Waals surface area contributed by atoms with Gasteiger partial charge in [-0.15, -0.1) is 0 Å². The first kappa shape index (κ1) is 22.0. The van der Waals surface area contributed by atoms with Crippen LogP contribution in [0, 0.1) is 5.92 Å². The van der Waals surface area contributed by atoms with E-state index in [-0.39, 0.29) is 23.4 Å². The number of amides is 3. The molecule has 31 heavy (non-hydrogen) atoms. The lowest BCUT2D eigenvalue weighted by Gasteiger charge is -2.22. The third-order valence-corrected chi connectivity index (χ3v) is 4.84. The first-order valence-electron chi connectivity index (χ1n) is 9.58. The van der Waals surface area contributed by atoms with Crippen LogP contribution in [0.3, 0.4) is 0 Å². The Balaban J connectivity index is 1.68. The zero-order valence-electron chi connectivity index (χ0n) is 17.0. The van der Waals surface area contributed by atoms with E-state index in [1.165, 1.54) is 10.7 Å². The number of halogens is 1. The lowest BCUT2D eigenvalue weighted by atomic mass is 10.0. The lowest BCUT2D eigenvalue weighted by molar-refractivity contribution is -0.118. The van der Waals surface area contributed by atoms with Crippen LogP contribution in [-0.2, 0) is 4.79 Å². The smallest absolute Gasteiger partial charge is 0.269 e. The van der Waals surface area contributed by atoms with Crippen LogP contribution in [0.4, 0.5) is 5.69 Å². The quantitative estimate of drug-likeness (QED) is 0.524. The summed E-state index contributed by atoms with van der Waals surface area (Å²) >= 11 is 5.86. The summed E-state index contributed by atoms with van der Waals surface area (Å²) in [6.07, 6.45) is 1.62. The average Bonchev–Trinajstić information content (AvgIpc) is 3.23. The van der Waals surface area contributed by atoms with E-state index in [0.717, 1.165) is 0 Å². The number of benzene rings is 2. The molecule has 9 heteroatoms. The van der Waals surface area contributed by atoms with Crippen molar-refractivity contribution in [3.63, 3.8) is 0 Å². The van der Waals surface area contributed by atoms with Crippen molar-refractivity contribution in [1.29, 1.82) is 0 Å². The van der Waals surface area contributed by atoms with Crippen LogP contribution in [0.15, 0.2) is 60.8 Å². The van der Waals surface area contributed by atoms with Crippen molar-refractivity contribution in [3.05, 3.63) is 77.1 Å². The monoisotopic (exact) mass is 439 g/mol. The van der Waals surface area contributed by atoms with Crippen molar-refractivity contribution in [3.8, 4) is 5.69 Å². The maximum Gasteiger partial charge on any atom is 0.269 e. The maximum absolute atomic E-state index is 12.8. The molecule has 0 fully saturated rings. The van der Waals surface area contributed by atoms with Gasteiger partial charge in [-0.05, 0) is 60.5 Å². The molecule has 0 unspecified atom stereocenters. The summed E-state index contributed by atoms with van der Waals surface area (Å²) in [5.74, 6) is -1.43. The minimum Gasteiger partial charge on any atom is -0.364 e. The van der Waals surface area contributed by atoms with Gasteiger partial charge in [-0.25, -0.2) is 4.68 Å². The van der Waals surface area contributed by atoms with Gasteiger partial charge in [0.05, 0.1) is 5.69 Å². The van der Waals surface area contributed by atoms with Crippen molar-refractivity contribution >= 4 is 35.0 Å². The number of aromatic nitrogens is 2. The van der Waals surface area contributed by atoms with Gasteiger partial charge < -0.3 is 16.4 Å². The Bertz CT molecular complexity index is 1090. The fourth-order valence-electron chi connectivity index (χ4n) is 2.88. The number of nitrogens with two attached hydrogens (primary N) is 1. The van der Waals surface area contributed by atoms with E-state index in [1.807, 2.05) is 13.8 Å². The van der Waals surface area contributed by atoms with Gasteiger partial charge in [0, 0.05) is 22.5 Å². The molecule has 0 spiro atoms. The second-order valence-electron chi connectivity index (χ2n) is 7.25. The predicted octanol–water partition coefficient (Wildman–Crippen LogP) is 3.02. The summed E-state index contributed by atoms with van der Waals surface area (Å²) in [6, 6.07) is 14.1.